The third-order valence-electron chi connectivity index (χ3n) is 5.86. The lowest BCUT2D eigenvalue weighted by molar-refractivity contribution is -0.113. The van der Waals surface area contributed by atoms with Crippen LogP contribution in [0.15, 0.2) is 65.1 Å². The van der Waals surface area contributed by atoms with Crippen molar-refractivity contribution in [1.82, 2.24) is 19.5 Å². The van der Waals surface area contributed by atoms with Gasteiger partial charge in [0.15, 0.2) is 5.16 Å². The number of hydrogen-bond donors (Lipinski definition) is 1. The maximum absolute atomic E-state index is 12.6. The Morgan fingerprint density at radius 2 is 1.79 bits per heavy atom. The highest BCUT2D eigenvalue weighted by molar-refractivity contribution is 7.99. The van der Waals surface area contributed by atoms with Crippen molar-refractivity contribution in [3.05, 3.63) is 60.0 Å². The number of likely N-dealkylation sites (N-methyl/N-ethyl adjacent to an activating group) is 1. The van der Waals surface area contributed by atoms with Crippen LogP contribution in [-0.2, 0) is 4.79 Å². The molecule has 4 aromatic rings. The van der Waals surface area contributed by atoms with Gasteiger partial charge in [-0.15, -0.1) is 21.5 Å². The molecular formula is C24H26N6OS2. The predicted octanol–water partition coefficient (Wildman–Crippen LogP) is 4.33. The number of thiazole rings is 1. The molecule has 170 valence electrons. The first-order chi connectivity index (χ1) is 16.2. The minimum absolute atomic E-state index is 0.0578. The summed E-state index contributed by atoms with van der Waals surface area (Å²) < 4.78 is 2.02. The molecule has 1 aliphatic heterocycles. The lowest BCUT2D eigenvalue weighted by Gasteiger charge is -2.35. The monoisotopic (exact) mass is 478 g/mol. The smallest absolute Gasteiger partial charge is 0.234 e. The van der Waals surface area contributed by atoms with Gasteiger partial charge in [-0.1, -0.05) is 49.0 Å². The number of amides is 1. The molecule has 33 heavy (non-hydrogen) atoms. The van der Waals surface area contributed by atoms with E-state index in [2.05, 4.69) is 61.9 Å². The number of carbonyl (C=O) groups excluding carboxylic acids is 1. The number of nitrogens with zero attached hydrogens (tertiary/aromatic N) is 5. The van der Waals surface area contributed by atoms with E-state index in [-0.39, 0.29) is 11.7 Å². The van der Waals surface area contributed by atoms with E-state index in [0.717, 1.165) is 59.8 Å². The molecule has 1 aliphatic rings. The van der Waals surface area contributed by atoms with Crippen LogP contribution in [0.3, 0.4) is 0 Å². The third-order valence-corrected chi connectivity index (χ3v) is 7.60. The first kappa shape index (κ1) is 21.9. The molecule has 1 amide bonds. The Labute approximate surface area is 201 Å². The molecule has 3 heterocycles. The van der Waals surface area contributed by atoms with Crippen LogP contribution in [0.25, 0.3) is 16.2 Å². The van der Waals surface area contributed by atoms with Gasteiger partial charge in [0.2, 0.25) is 10.9 Å². The Morgan fingerprint density at radius 3 is 2.52 bits per heavy atom. The van der Waals surface area contributed by atoms with Crippen LogP contribution < -0.4 is 10.2 Å². The second kappa shape index (κ2) is 9.94. The molecule has 9 heteroatoms. The highest BCUT2D eigenvalue weighted by Crippen LogP contribution is 2.30. The molecule has 2 aromatic carbocycles. The molecule has 0 atom stereocenters. The lowest BCUT2D eigenvalue weighted by atomic mass is 10.2. The summed E-state index contributed by atoms with van der Waals surface area (Å²) in [6.45, 7) is 7.58. The van der Waals surface area contributed by atoms with Gasteiger partial charge in [0, 0.05) is 42.9 Å². The average molecular weight is 479 g/mol. The van der Waals surface area contributed by atoms with Crippen molar-refractivity contribution < 1.29 is 4.79 Å². The molecule has 0 unspecified atom stereocenters. The zero-order valence-corrected chi connectivity index (χ0v) is 20.1. The normalized spacial score (nSPS) is 14.6. The average Bonchev–Trinajstić information content (AvgIpc) is 3.46. The van der Waals surface area contributed by atoms with Gasteiger partial charge in [-0.25, -0.2) is 0 Å². The van der Waals surface area contributed by atoms with Crippen LogP contribution in [0, 0.1) is 0 Å². The van der Waals surface area contributed by atoms with Crippen molar-refractivity contribution in [2.24, 2.45) is 0 Å². The fourth-order valence-electron chi connectivity index (χ4n) is 4.00. The molecule has 1 N–H and O–H groups in total. The number of fused-ring (bicyclic) bond motifs is 1. The van der Waals surface area contributed by atoms with Crippen LogP contribution in [0.1, 0.15) is 6.92 Å². The van der Waals surface area contributed by atoms with Crippen molar-refractivity contribution in [3.8, 4) is 11.3 Å². The summed E-state index contributed by atoms with van der Waals surface area (Å²) in [5, 5.41) is 14.4. The Bertz CT molecular complexity index is 1210. The topological polar surface area (TPSA) is 65.8 Å². The quantitative estimate of drug-likeness (QED) is 0.399. The molecule has 0 aliphatic carbocycles. The van der Waals surface area contributed by atoms with Crippen molar-refractivity contribution >= 4 is 45.3 Å². The SMILES string of the molecule is CCN1CCN(c2ccc(NC(=O)CSc3nnc4scc(-c5ccccc5)n34)cc2)CC1. The van der Waals surface area contributed by atoms with E-state index in [9.17, 15) is 4.79 Å². The number of benzene rings is 2. The first-order valence-electron chi connectivity index (χ1n) is 11.1. The van der Waals surface area contributed by atoms with Crippen LogP contribution >= 0.6 is 23.1 Å². The van der Waals surface area contributed by atoms with Crippen molar-refractivity contribution in [2.45, 2.75) is 12.1 Å². The number of thioether (sulfide) groups is 1. The van der Waals surface area contributed by atoms with Gasteiger partial charge in [-0.05, 0) is 36.4 Å². The van der Waals surface area contributed by atoms with Crippen LogP contribution in [0.2, 0.25) is 0 Å². The van der Waals surface area contributed by atoms with E-state index in [0.29, 0.717) is 0 Å². The highest BCUT2D eigenvalue weighted by atomic mass is 32.2. The second-order valence-corrected chi connectivity index (χ2v) is 9.67. The van der Waals surface area contributed by atoms with Crippen molar-refractivity contribution in [2.75, 3.05) is 48.7 Å². The van der Waals surface area contributed by atoms with Gasteiger partial charge in [-0.3, -0.25) is 9.20 Å². The van der Waals surface area contributed by atoms with Crippen LogP contribution in [0.4, 0.5) is 11.4 Å². The summed E-state index contributed by atoms with van der Waals surface area (Å²) in [4.78, 5) is 18.3. The van der Waals surface area contributed by atoms with Gasteiger partial charge in [0.25, 0.3) is 0 Å². The summed E-state index contributed by atoms with van der Waals surface area (Å²) >= 11 is 2.95. The van der Waals surface area contributed by atoms with Crippen molar-refractivity contribution in [3.63, 3.8) is 0 Å². The summed E-state index contributed by atoms with van der Waals surface area (Å²) in [5.41, 5.74) is 4.16. The zero-order valence-electron chi connectivity index (χ0n) is 18.5. The van der Waals surface area contributed by atoms with Crippen LogP contribution in [0.5, 0.6) is 0 Å². The maximum Gasteiger partial charge on any atom is 0.234 e. The van der Waals surface area contributed by atoms with Crippen LogP contribution in [-0.4, -0.2) is 63.9 Å². The number of nitrogens with one attached hydrogen (secondary N) is 1. The molecular weight excluding hydrogens is 452 g/mol. The van der Waals surface area contributed by atoms with Crippen molar-refractivity contribution in [1.29, 1.82) is 0 Å². The fraction of sp³-hybridized carbons (Fsp3) is 0.292. The number of aromatic nitrogens is 3. The summed E-state index contributed by atoms with van der Waals surface area (Å²) in [5.74, 6) is 0.212. The van der Waals surface area contributed by atoms with Gasteiger partial charge in [-0.2, -0.15) is 0 Å². The number of hydrogen-bond acceptors (Lipinski definition) is 7. The molecule has 5 rings (SSSR count). The Kier molecular flexibility index (Phi) is 6.61. The number of carbonyl (C=O) groups is 1. The molecule has 1 saturated heterocycles. The molecule has 2 aromatic heterocycles. The number of piperazine rings is 1. The summed E-state index contributed by atoms with van der Waals surface area (Å²) in [6, 6.07) is 18.3. The van der Waals surface area contributed by atoms with Gasteiger partial charge >= 0.3 is 0 Å². The van der Waals surface area contributed by atoms with E-state index < -0.39 is 0 Å². The molecule has 7 nitrogen and oxygen atoms in total. The Balaban J connectivity index is 1.19. The minimum atomic E-state index is -0.0578. The minimum Gasteiger partial charge on any atom is -0.369 e. The van der Waals surface area contributed by atoms with E-state index in [4.69, 9.17) is 0 Å². The van der Waals surface area contributed by atoms with E-state index in [1.165, 1.54) is 17.4 Å². The van der Waals surface area contributed by atoms with Gasteiger partial charge < -0.3 is 15.1 Å². The Morgan fingerprint density at radius 1 is 1.03 bits per heavy atom. The molecule has 0 radical (unpaired) electrons. The highest BCUT2D eigenvalue weighted by Gasteiger charge is 2.17. The predicted molar refractivity (Wildman–Crippen MR) is 136 cm³/mol. The van der Waals surface area contributed by atoms with E-state index in [1.807, 2.05) is 34.7 Å². The molecule has 0 bridgehead atoms. The number of anilines is 2. The summed E-state index contributed by atoms with van der Waals surface area (Å²) in [7, 11) is 0. The number of rotatable bonds is 7. The van der Waals surface area contributed by atoms with E-state index in [1.54, 1.807) is 11.3 Å². The second-order valence-electron chi connectivity index (χ2n) is 7.89. The molecule has 0 saturated carbocycles. The Hall–Kier alpha value is -2.88. The van der Waals surface area contributed by atoms with Gasteiger partial charge in [0.1, 0.15) is 0 Å². The molecule has 1 fully saturated rings. The standard InChI is InChI=1S/C24H26N6OS2/c1-2-28-12-14-29(15-13-28)20-10-8-19(9-11-20)25-22(31)17-33-24-27-26-23-30(24)21(16-32-23)18-6-4-3-5-7-18/h3-11,16H,2,12-15,17H2,1H3,(H,25,31). The molecule has 0 spiro atoms. The largest absolute Gasteiger partial charge is 0.369 e. The third kappa shape index (κ3) is 4.90. The maximum atomic E-state index is 12.6. The summed E-state index contributed by atoms with van der Waals surface area (Å²) in [6.07, 6.45) is 0. The zero-order chi connectivity index (χ0) is 22.6. The first-order valence-corrected chi connectivity index (χ1v) is 13.0. The van der Waals surface area contributed by atoms with E-state index >= 15 is 0 Å². The fourth-order valence-corrected chi connectivity index (χ4v) is 5.64. The lowest BCUT2D eigenvalue weighted by Crippen LogP contribution is -2.46. The van der Waals surface area contributed by atoms with Gasteiger partial charge in [0.05, 0.1) is 11.4 Å².